The van der Waals surface area contributed by atoms with Crippen LogP contribution in [0.1, 0.15) is 17.4 Å². The van der Waals surface area contributed by atoms with Crippen LogP contribution in [0.2, 0.25) is 0 Å². The van der Waals surface area contributed by atoms with Crippen LogP contribution in [0.5, 0.6) is 0 Å². The van der Waals surface area contributed by atoms with Gasteiger partial charge in [-0.25, -0.2) is 9.97 Å². The van der Waals surface area contributed by atoms with Crippen molar-refractivity contribution in [3.63, 3.8) is 0 Å². The number of hydrogen-bond donors (Lipinski definition) is 1. The number of hydrogen-bond acceptors (Lipinski definition) is 9. The highest BCUT2D eigenvalue weighted by Gasteiger charge is 2.30. The van der Waals surface area contributed by atoms with Crippen molar-refractivity contribution in [2.75, 3.05) is 38.7 Å². The van der Waals surface area contributed by atoms with Crippen molar-refractivity contribution in [2.24, 2.45) is 0 Å². The first kappa shape index (κ1) is 23.8. The van der Waals surface area contributed by atoms with Gasteiger partial charge >= 0.3 is 0 Å². The summed E-state index contributed by atoms with van der Waals surface area (Å²) in [5.74, 6) is 0.334. The summed E-state index contributed by atoms with van der Waals surface area (Å²) in [6, 6.07) is 3.93. The minimum absolute atomic E-state index is 0. The molecular formula is C22H25ClN6O2S2. The minimum Gasteiger partial charge on any atom is -0.304 e. The van der Waals surface area contributed by atoms with Crippen LogP contribution in [0.4, 0.5) is 5.82 Å². The molecule has 5 heterocycles. The highest BCUT2D eigenvalue weighted by atomic mass is 35.5. The van der Waals surface area contributed by atoms with Crippen molar-refractivity contribution in [3.8, 4) is 10.7 Å². The summed E-state index contributed by atoms with van der Waals surface area (Å²) in [5.41, 5.74) is 4.50. The largest absolute Gasteiger partial charge is 0.304 e. The molecule has 2 amide bonds. The second kappa shape index (κ2) is 9.47. The van der Waals surface area contributed by atoms with Crippen molar-refractivity contribution in [2.45, 2.75) is 20.4 Å². The SMILES string of the molecule is CC1=CC(=O)N(Nc2nc(-c3cccs3)nc3sc(CN4CCN(C)CC4)c(C)c23)C1=O.Cl. The Morgan fingerprint density at radius 3 is 2.52 bits per heavy atom. The smallest absolute Gasteiger partial charge is 0.275 e. The lowest BCUT2D eigenvalue weighted by molar-refractivity contribution is -0.135. The Balaban J connectivity index is 0.00000259. The van der Waals surface area contributed by atoms with Gasteiger partial charge in [-0.05, 0) is 37.9 Å². The number of nitrogens with one attached hydrogen (secondary N) is 1. The number of nitrogens with zero attached hydrogens (tertiary/aromatic N) is 5. The molecule has 174 valence electrons. The van der Waals surface area contributed by atoms with Crippen LogP contribution in [0.15, 0.2) is 29.2 Å². The number of likely N-dealkylation sites (N-methyl/N-ethyl adjacent to an activating group) is 1. The van der Waals surface area contributed by atoms with Crippen molar-refractivity contribution in [1.82, 2.24) is 24.8 Å². The molecule has 3 aromatic heterocycles. The number of rotatable bonds is 5. The van der Waals surface area contributed by atoms with Crippen molar-refractivity contribution in [3.05, 3.63) is 39.6 Å². The van der Waals surface area contributed by atoms with E-state index in [4.69, 9.17) is 9.97 Å². The lowest BCUT2D eigenvalue weighted by Crippen LogP contribution is -2.43. The molecule has 0 spiro atoms. The zero-order chi connectivity index (χ0) is 22.4. The number of carbonyl (C=O) groups is 2. The topological polar surface area (TPSA) is 81.7 Å². The fourth-order valence-corrected chi connectivity index (χ4v) is 5.82. The van der Waals surface area contributed by atoms with E-state index < -0.39 is 0 Å². The second-order valence-corrected chi connectivity index (χ2v) is 10.2. The Hall–Kier alpha value is -2.37. The van der Waals surface area contributed by atoms with Gasteiger partial charge in [0.05, 0.1) is 10.3 Å². The number of carbonyl (C=O) groups excluding carboxylic acids is 2. The maximum Gasteiger partial charge on any atom is 0.275 e. The number of amides is 2. The minimum atomic E-state index is -0.387. The monoisotopic (exact) mass is 504 g/mol. The maximum absolute atomic E-state index is 12.5. The summed E-state index contributed by atoms with van der Waals surface area (Å²) in [6.07, 6.45) is 1.34. The van der Waals surface area contributed by atoms with Gasteiger partial charge in [0.15, 0.2) is 11.6 Å². The number of thiophene rings is 2. The molecule has 1 fully saturated rings. The van der Waals surface area contributed by atoms with E-state index in [9.17, 15) is 9.59 Å². The predicted molar refractivity (Wildman–Crippen MR) is 135 cm³/mol. The first-order valence-corrected chi connectivity index (χ1v) is 12.2. The first-order chi connectivity index (χ1) is 15.4. The summed E-state index contributed by atoms with van der Waals surface area (Å²) in [5, 5.41) is 3.88. The molecule has 2 aliphatic rings. The van der Waals surface area contributed by atoms with Gasteiger partial charge in [0, 0.05) is 49.3 Å². The van der Waals surface area contributed by atoms with E-state index in [0.29, 0.717) is 17.2 Å². The average Bonchev–Trinajstić information content (AvgIpc) is 3.46. The molecule has 0 radical (unpaired) electrons. The number of aromatic nitrogens is 2. The van der Waals surface area contributed by atoms with Gasteiger partial charge in [0.2, 0.25) is 0 Å². The van der Waals surface area contributed by atoms with Crippen LogP contribution in [0.3, 0.4) is 0 Å². The zero-order valence-electron chi connectivity index (χ0n) is 18.6. The Bertz CT molecular complexity index is 1230. The van der Waals surface area contributed by atoms with Crippen molar-refractivity contribution in [1.29, 1.82) is 0 Å². The van der Waals surface area contributed by atoms with Gasteiger partial charge < -0.3 is 4.90 Å². The summed E-state index contributed by atoms with van der Waals surface area (Å²) < 4.78 is 0. The molecular weight excluding hydrogens is 480 g/mol. The van der Waals surface area contributed by atoms with Gasteiger partial charge in [-0.15, -0.1) is 35.1 Å². The summed E-state index contributed by atoms with van der Waals surface area (Å²) in [7, 11) is 2.15. The van der Waals surface area contributed by atoms with Crippen molar-refractivity contribution >= 4 is 62.9 Å². The van der Waals surface area contributed by atoms with Gasteiger partial charge in [-0.2, -0.15) is 5.01 Å². The zero-order valence-corrected chi connectivity index (χ0v) is 21.1. The Morgan fingerprint density at radius 2 is 1.88 bits per heavy atom. The lowest BCUT2D eigenvalue weighted by atomic mass is 10.2. The molecule has 3 aromatic rings. The van der Waals surface area contributed by atoms with Gasteiger partial charge in [-0.1, -0.05) is 6.07 Å². The number of halogens is 1. The average molecular weight is 505 g/mol. The Morgan fingerprint density at radius 1 is 1.12 bits per heavy atom. The predicted octanol–water partition coefficient (Wildman–Crippen LogP) is 3.54. The highest BCUT2D eigenvalue weighted by Crippen LogP contribution is 2.37. The molecule has 0 atom stereocenters. The van der Waals surface area contributed by atoms with E-state index in [-0.39, 0.29) is 24.2 Å². The normalized spacial score (nSPS) is 17.5. The van der Waals surface area contributed by atoms with Crippen LogP contribution >= 0.6 is 35.1 Å². The molecule has 1 saturated heterocycles. The fraction of sp³-hybridized carbons (Fsp3) is 0.364. The van der Waals surface area contributed by atoms with Crippen LogP contribution in [-0.4, -0.2) is 69.8 Å². The number of anilines is 1. The third-order valence-corrected chi connectivity index (χ3v) is 7.95. The maximum atomic E-state index is 12.5. The Labute approximate surface area is 206 Å². The van der Waals surface area contributed by atoms with E-state index >= 15 is 0 Å². The third-order valence-electron chi connectivity index (χ3n) is 5.91. The van der Waals surface area contributed by atoms with Crippen molar-refractivity contribution < 1.29 is 9.59 Å². The Kier molecular flexibility index (Phi) is 6.83. The standard InChI is InChI=1S/C22H24N6O2S2.ClH/c1-13-11-17(29)28(22(13)30)25-20-18-14(2)16(12-27-8-6-26(3)7-9-27)32-21(18)24-19(23-20)15-5-4-10-31-15;/h4-5,10-11H,6-9,12H2,1-3H3,(H,23,24,25);1H. The summed E-state index contributed by atoms with van der Waals surface area (Å²) in [4.78, 5) is 42.2. The molecule has 0 aliphatic carbocycles. The van der Waals surface area contributed by atoms with Crippen LogP contribution in [-0.2, 0) is 16.1 Å². The molecule has 0 bridgehead atoms. The molecule has 33 heavy (non-hydrogen) atoms. The lowest BCUT2D eigenvalue weighted by Gasteiger charge is -2.32. The van der Waals surface area contributed by atoms with E-state index in [0.717, 1.165) is 58.4 Å². The molecule has 8 nitrogen and oxygen atoms in total. The molecule has 1 N–H and O–H groups in total. The number of imide groups is 1. The quantitative estimate of drug-likeness (QED) is 0.532. The van der Waals surface area contributed by atoms with Gasteiger partial charge in [-0.3, -0.25) is 19.9 Å². The van der Waals surface area contributed by atoms with E-state index in [1.807, 2.05) is 17.5 Å². The molecule has 2 aliphatic heterocycles. The van der Waals surface area contributed by atoms with Crippen LogP contribution in [0.25, 0.3) is 20.9 Å². The third kappa shape index (κ3) is 4.53. The molecule has 5 rings (SSSR count). The number of piperazine rings is 1. The molecule has 0 aromatic carbocycles. The number of aryl methyl sites for hydroxylation is 1. The molecule has 0 saturated carbocycles. The van der Waals surface area contributed by atoms with Crippen LogP contribution in [0, 0.1) is 6.92 Å². The van der Waals surface area contributed by atoms with E-state index in [1.54, 1.807) is 29.6 Å². The summed E-state index contributed by atoms with van der Waals surface area (Å²) in [6.45, 7) is 8.75. The number of fused-ring (bicyclic) bond motifs is 1. The molecule has 11 heteroatoms. The summed E-state index contributed by atoms with van der Waals surface area (Å²) >= 11 is 3.22. The van der Waals surface area contributed by atoms with E-state index in [2.05, 4.69) is 29.2 Å². The molecule has 0 unspecified atom stereocenters. The van der Waals surface area contributed by atoms with E-state index in [1.165, 1.54) is 11.0 Å². The van der Waals surface area contributed by atoms with Gasteiger partial charge in [0.25, 0.3) is 11.8 Å². The second-order valence-electron chi connectivity index (χ2n) is 8.20. The van der Waals surface area contributed by atoms with Gasteiger partial charge in [0.1, 0.15) is 4.83 Å². The fourth-order valence-electron chi connectivity index (χ4n) is 3.94. The highest BCUT2D eigenvalue weighted by molar-refractivity contribution is 7.19. The first-order valence-electron chi connectivity index (χ1n) is 10.5. The number of hydrazine groups is 1. The van der Waals surface area contributed by atoms with Crippen LogP contribution < -0.4 is 5.43 Å².